The lowest BCUT2D eigenvalue weighted by Crippen LogP contribution is -2.17. The van der Waals surface area contributed by atoms with Crippen molar-refractivity contribution in [3.63, 3.8) is 0 Å². The third-order valence-corrected chi connectivity index (χ3v) is 1.96. The Morgan fingerprint density at radius 3 is 2.53 bits per heavy atom. The lowest BCUT2D eigenvalue weighted by atomic mass is 10.2. The van der Waals surface area contributed by atoms with E-state index in [2.05, 4.69) is 5.92 Å². The number of ether oxygens (including phenoxy) is 1. The fourth-order valence-electron chi connectivity index (χ4n) is 1.19. The highest BCUT2D eigenvalue weighted by molar-refractivity contribution is 5.27. The fraction of sp³-hybridized carbons (Fsp3) is 0.250. The molecule has 76 valence electrons. The topological polar surface area (TPSA) is 36.3 Å². The van der Waals surface area contributed by atoms with Crippen LogP contribution in [0.1, 0.15) is 5.56 Å². The molecule has 0 aliphatic rings. The Morgan fingerprint density at radius 1 is 1.40 bits per heavy atom. The van der Waals surface area contributed by atoms with Crippen molar-refractivity contribution in [2.24, 2.45) is 0 Å². The van der Waals surface area contributed by atoms with Crippen LogP contribution in [-0.2, 0) is 6.54 Å². The van der Waals surface area contributed by atoms with E-state index in [0.717, 1.165) is 11.3 Å². The van der Waals surface area contributed by atoms with Gasteiger partial charge in [-0.1, -0.05) is 18.1 Å². The second kappa shape index (κ2) is 5.57. The second-order valence-corrected chi connectivity index (χ2v) is 3.01. The minimum atomic E-state index is 0.336. The summed E-state index contributed by atoms with van der Waals surface area (Å²) >= 11 is 0. The van der Waals surface area contributed by atoms with Crippen LogP contribution in [-0.4, -0.2) is 18.6 Å². The number of methoxy groups -OCH3 is 1. The van der Waals surface area contributed by atoms with Crippen LogP contribution in [0.25, 0.3) is 0 Å². The molecule has 3 heteroatoms. The van der Waals surface area contributed by atoms with E-state index in [1.54, 1.807) is 7.11 Å². The van der Waals surface area contributed by atoms with Crippen LogP contribution >= 0.6 is 0 Å². The molecule has 1 aromatic carbocycles. The Balaban J connectivity index is 2.65. The van der Waals surface area contributed by atoms with Crippen LogP contribution in [0.15, 0.2) is 24.3 Å². The smallest absolute Gasteiger partial charge is 0.180 e. The van der Waals surface area contributed by atoms with Crippen LogP contribution in [0.2, 0.25) is 0 Å². The van der Waals surface area contributed by atoms with E-state index < -0.39 is 0 Å². The molecular formula is C12H12N2O. The van der Waals surface area contributed by atoms with Crippen LogP contribution < -0.4 is 4.74 Å². The molecule has 0 radical (unpaired) electrons. The van der Waals surface area contributed by atoms with Gasteiger partial charge in [0.05, 0.1) is 20.2 Å². The molecule has 15 heavy (non-hydrogen) atoms. The van der Waals surface area contributed by atoms with Gasteiger partial charge in [0.15, 0.2) is 6.19 Å². The van der Waals surface area contributed by atoms with Crippen molar-refractivity contribution in [2.45, 2.75) is 6.54 Å². The van der Waals surface area contributed by atoms with E-state index in [9.17, 15) is 0 Å². The zero-order valence-electron chi connectivity index (χ0n) is 8.60. The van der Waals surface area contributed by atoms with E-state index in [1.165, 1.54) is 4.90 Å². The van der Waals surface area contributed by atoms with Gasteiger partial charge in [0.25, 0.3) is 0 Å². The molecule has 0 aromatic heterocycles. The fourth-order valence-corrected chi connectivity index (χ4v) is 1.19. The van der Waals surface area contributed by atoms with E-state index >= 15 is 0 Å². The summed E-state index contributed by atoms with van der Waals surface area (Å²) in [6, 6.07) is 7.56. The molecule has 0 atom stereocenters. The summed E-state index contributed by atoms with van der Waals surface area (Å²) in [5.74, 6) is 3.25. The molecule has 0 unspecified atom stereocenters. The summed E-state index contributed by atoms with van der Waals surface area (Å²) in [5.41, 5.74) is 1.03. The van der Waals surface area contributed by atoms with Gasteiger partial charge in [-0.2, -0.15) is 5.26 Å². The molecule has 0 aliphatic heterocycles. The number of benzene rings is 1. The Kier molecular flexibility index (Phi) is 4.06. The highest BCUT2D eigenvalue weighted by Crippen LogP contribution is 2.12. The normalized spacial score (nSPS) is 8.73. The van der Waals surface area contributed by atoms with E-state index in [0.29, 0.717) is 13.1 Å². The van der Waals surface area contributed by atoms with Crippen LogP contribution in [0.3, 0.4) is 0 Å². The summed E-state index contributed by atoms with van der Waals surface area (Å²) in [6.45, 7) is 0.868. The molecule has 0 N–H and O–H groups in total. The number of rotatable bonds is 4. The van der Waals surface area contributed by atoms with Gasteiger partial charge in [0.2, 0.25) is 0 Å². The largest absolute Gasteiger partial charge is 0.497 e. The predicted octanol–water partition coefficient (Wildman–Crippen LogP) is 1.61. The molecular weight excluding hydrogens is 188 g/mol. The summed E-state index contributed by atoms with van der Waals surface area (Å²) in [4.78, 5) is 1.52. The van der Waals surface area contributed by atoms with Crippen molar-refractivity contribution in [1.29, 1.82) is 5.26 Å². The quantitative estimate of drug-likeness (QED) is 0.421. The molecule has 0 fully saturated rings. The standard InChI is InChI=1S/C12H12N2O/c1-3-8-14(10-13)9-11-4-6-12(15-2)7-5-11/h1,4-7H,8-9H2,2H3. The zero-order chi connectivity index (χ0) is 11.1. The monoisotopic (exact) mass is 200 g/mol. The first kappa shape index (κ1) is 10.9. The highest BCUT2D eigenvalue weighted by atomic mass is 16.5. The first-order chi connectivity index (χ1) is 7.30. The molecule has 0 saturated heterocycles. The van der Waals surface area contributed by atoms with Crippen molar-refractivity contribution in [3.8, 4) is 24.3 Å². The third kappa shape index (κ3) is 3.25. The first-order valence-electron chi connectivity index (χ1n) is 4.51. The van der Waals surface area contributed by atoms with Crippen molar-refractivity contribution < 1.29 is 4.74 Å². The molecule has 0 aliphatic carbocycles. The first-order valence-corrected chi connectivity index (χ1v) is 4.51. The SMILES string of the molecule is C#CCN(C#N)Cc1ccc(OC)cc1. The number of nitrogens with zero attached hydrogens (tertiary/aromatic N) is 2. The Bertz CT molecular complexity index is 384. The van der Waals surface area contributed by atoms with Crippen molar-refractivity contribution in [2.75, 3.05) is 13.7 Å². The van der Waals surface area contributed by atoms with Crippen molar-refractivity contribution in [3.05, 3.63) is 29.8 Å². The van der Waals surface area contributed by atoms with Crippen molar-refractivity contribution in [1.82, 2.24) is 4.90 Å². The molecule has 1 aromatic rings. The molecule has 3 nitrogen and oxygen atoms in total. The Morgan fingerprint density at radius 2 is 2.07 bits per heavy atom. The maximum Gasteiger partial charge on any atom is 0.180 e. The van der Waals surface area contributed by atoms with Crippen LogP contribution in [0.5, 0.6) is 5.75 Å². The molecule has 0 saturated carbocycles. The maximum atomic E-state index is 8.77. The lowest BCUT2D eigenvalue weighted by molar-refractivity contribution is 0.412. The summed E-state index contributed by atoms with van der Waals surface area (Å²) in [7, 11) is 1.62. The third-order valence-electron chi connectivity index (χ3n) is 1.96. The van der Waals surface area contributed by atoms with E-state index in [-0.39, 0.29) is 0 Å². The van der Waals surface area contributed by atoms with Gasteiger partial charge in [-0.15, -0.1) is 6.42 Å². The second-order valence-electron chi connectivity index (χ2n) is 3.01. The van der Waals surface area contributed by atoms with Gasteiger partial charge >= 0.3 is 0 Å². The lowest BCUT2D eigenvalue weighted by Gasteiger charge is -2.12. The molecule has 0 spiro atoms. The number of hydrogen-bond donors (Lipinski definition) is 0. The van der Waals surface area contributed by atoms with Crippen LogP contribution in [0.4, 0.5) is 0 Å². The van der Waals surface area contributed by atoms with Gasteiger partial charge in [0.1, 0.15) is 5.75 Å². The zero-order valence-corrected chi connectivity index (χ0v) is 8.60. The van der Waals surface area contributed by atoms with Gasteiger partial charge in [-0.05, 0) is 17.7 Å². The minimum Gasteiger partial charge on any atom is -0.497 e. The van der Waals surface area contributed by atoms with Gasteiger partial charge in [-0.3, -0.25) is 4.90 Å². The number of nitriles is 1. The summed E-state index contributed by atoms with van der Waals surface area (Å²) in [5, 5.41) is 8.77. The Hall–Kier alpha value is -2.13. The van der Waals surface area contributed by atoms with Crippen LogP contribution in [0, 0.1) is 23.8 Å². The van der Waals surface area contributed by atoms with E-state index in [4.69, 9.17) is 16.4 Å². The average Bonchev–Trinajstić information content (AvgIpc) is 2.29. The maximum absolute atomic E-state index is 8.77. The minimum absolute atomic E-state index is 0.336. The predicted molar refractivity (Wildman–Crippen MR) is 57.9 cm³/mol. The number of hydrogen-bond acceptors (Lipinski definition) is 3. The molecule has 1 rings (SSSR count). The highest BCUT2D eigenvalue weighted by Gasteiger charge is 2.01. The summed E-state index contributed by atoms with van der Waals surface area (Å²) in [6.07, 6.45) is 7.18. The Labute approximate surface area is 89.9 Å². The molecule has 0 heterocycles. The van der Waals surface area contributed by atoms with Gasteiger partial charge in [0, 0.05) is 0 Å². The summed E-state index contributed by atoms with van der Waals surface area (Å²) < 4.78 is 5.04. The average molecular weight is 200 g/mol. The van der Waals surface area contributed by atoms with Crippen molar-refractivity contribution >= 4 is 0 Å². The van der Waals surface area contributed by atoms with Gasteiger partial charge in [-0.25, -0.2) is 0 Å². The molecule has 0 bridgehead atoms. The number of terminal acetylenes is 1. The van der Waals surface area contributed by atoms with Gasteiger partial charge < -0.3 is 4.74 Å². The molecule has 0 amide bonds. The van der Waals surface area contributed by atoms with E-state index in [1.807, 2.05) is 30.5 Å².